The SMILES string of the molecule is CC(=O)Nc1ccc(CNC(=O)c2cc(C)nc3c2c(=O)[nH]n3C)cc1. The number of aryl methyl sites for hydroxylation is 2. The van der Waals surface area contributed by atoms with Crippen LogP contribution in [0, 0.1) is 6.92 Å². The van der Waals surface area contributed by atoms with Gasteiger partial charge in [0, 0.05) is 31.9 Å². The quantitative estimate of drug-likeness (QED) is 0.660. The number of hydrogen-bond donors (Lipinski definition) is 3. The summed E-state index contributed by atoms with van der Waals surface area (Å²) in [7, 11) is 1.68. The Bertz CT molecular complexity index is 1050. The molecule has 2 amide bonds. The van der Waals surface area contributed by atoms with Crippen LogP contribution in [0.25, 0.3) is 11.0 Å². The molecule has 0 saturated heterocycles. The number of amides is 2. The number of anilines is 1. The second kappa shape index (κ2) is 6.83. The molecule has 0 aliphatic carbocycles. The van der Waals surface area contributed by atoms with Crippen LogP contribution in [0.5, 0.6) is 0 Å². The van der Waals surface area contributed by atoms with E-state index in [4.69, 9.17) is 0 Å². The lowest BCUT2D eigenvalue weighted by Crippen LogP contribution is -2.24. The molecule has 0 bridgehead atoms. The van der Waals surface area contributed by atoms with Crippen molar-refractivity contribution in [3.63, 3.8) is 0 Å². The van der Waals surface area contributed by atoms with E-state index in [9.17, 15) is 14.4 Å². The van der Waals surface area contributed by atoms with E-state index in [1.54, 1.807) is 32.2 Å². The van der Waals surface area contributed by atoms with Gasteiger partial charge in [0.2, 0.25) is 5.91 Å². The first kappa shape index (κ1) is 17.4. The molecule has 2 heterocycles. The number of nitrogens with one attached hydrogen (secondary N) is 3. The Morgan fingerprint density at radius 2 is 1.92 bits per heavy atom. The predicted octanol–water partition coefficient (Wildman–Crippen LogP) is 1.46. The maximum atomic E-state index is 12.6. The molecule has 3 rings (SSSR count). The van der Waals surface area contributed by atoms with Crippen molar-refractivity contribution in [2.75, 3.05) is 5.32 Å². The fourth-order valence-electron chi connectivity index (χ4n) is 2.75. The number of fused-ring (bicyclic) bond motifs is 1. The summed E-state index contributed by atoms with van der Waals surface area (Å²) in [4.78, 5) is 40.0. The number of hydrogen-bond acceptors (Lipinski definition) is 4. The van der Waals surface area contributed by atoms with Crippen LogP contribution in [-0.4, -0.2) is 26.6 Å². The number of aromatic amines is 1. The van der Waals surface area contributed by atoms with Gasteiger partial charge in [-0.15, -0.1) is 0 Å². The Morgan fingerprint density at radius 3 is 2.58 bits per heavy atom. The summed E-state index contributed by atoms with van der Waals surface area (Å²) in [6.45, 7) is 3.51. The molecule has 1 aromatic carbocycles. The number of rotatable bonds is 4. The minimum Gasteiger partial charge on any atom is -0.348 e. The van der Waals surface area contributed by atoms with Crippen LogP contribution >= 0.6 is 0 Å². The number of carbonyl (C=O) groups excluding carboxylic acids is 2. The largest absolute Gasteiger partial charge is 0.348 e. The second-order valence-electron chi connectivity index (χ2n) is 6.07. The van der Waals surface area contributed by atoms with E-state index in [2.05, 4.69) is 20.7 Å². The molecule has 0 unspecified atom stereocenters. The molecule has 3 aromatic rings. The van der Waals surface area contributed by atoms with Crippen molar-refractivity contribution in [3.05, 3.63) is 57.5 Å². The Balaban J connectivity index is 1.80. The summed E-state index contributed by atoms with van der Waals surface area (Å²) in [6, 6.07) is 8.76. The van der Waals surface area contributed by atoms with Crippen molar-refractivity contribution >= 4 is 28.5 Å². The number of nitrogens with zero attached hydrogens (tertiary/aromatic N) is 2. The van der Waals surface area contributed by atoms with Gasteiger partial charge in [0.25, 0.3) is 11.5 Å². The first-order valence-corrected chi connectivity index (χ1v) is 8.06. The fraction of sp³-hybridized carbons (Fsp3) is 0.222. The molecule has 0 radical (unpaired) electrons. The van der Waals surface area contributed by atoms with Crippen molar-refractivity contribution in [1.82, 2.24) is 20.1 Å². The molecular weight excluding hydrogens is 334 g/mol. The lowest BCUT2D eigenvalue weighted by atomic mass is 10.1. The van der Waals surface area contributed by atoms with E-state index in [-0.39, 0.29) is 22.8 Å². The van der Waals surface area contributed by atoms with E-state index >= 15 is 0 Å². The zero-order chi connectivity index (χ0) is 18.8. The van der Waals surface area contributed by atoms with Crippen LogP contribution < -0.4 is 16.2 Å². The summed E-state index contributed by atoms with van der Waals surface area (Å²) in [5.74, 6) is -0.487. The van der Waals surface area contributed by atoms with Gasteiger partial charge in [-0.25, -0.2) is 4.98 Å². The molecule has 0 aliphatic heterocycles. The minimum absolute atomic E-state index is 0.142. The number of carbonyl (C=O) groups is 2. The van der Waals surface area contributed by atoms with Crippen molar-refractivity contribution in [3.8, 4) is 0 Å². The molecule has 26 heavy (non-hydrogen) atoms. The van der Waals surface area contributed by atoms with Crippen LogP contribution in [-0.2, 0) is 18.4 Å². The molecular formula is C18H19N5O3. The highest BCUT2D eigenvalue weighted by Crippen LogP contribution is 2.15. The zero-order valence-corrected chi connectivity index (χ0v) is 14.7. The lowest BCUT2D eigenvalue weighted by Gasteiger charge is -2.08. The molecule has 8 nitrogen and oxygen atoms in total. The maximum Gasteiger partial charge on any atom is 0.274 e. The predicted molar refractivity (Wildman–Crippen MR) is 98.0 cm³/mol. The van der Waals surface area contributed by atoms with Gasteiger partial charge in [-0.3, -0.25) is 24.2 Å². The Kier molecular flexibility index (Phi) is 4.57. The van der Waals surface area contributed by atoms with Gasteiger partial charge in [-0.1, -0.05) is 12.1 Å². The van der Waals surface area contributed by atoms with E-state index in [0.717, 1.165) is 5.56 Å². The zero-order valence-electron chi connectivity index (χ0n) is 14.7. The smallest absolute Gasteiger partial charge is 0.274 e. The minimum atomic E-state index is -0.347. The normalized spacial score (nSPS) is 10.7. The molecule has 0 spiro atoms. The second-order valence-corrected chi connectivity index (χ2v) is 6.07. The topological polar surface area (TPSA) is 109 Å². The van der Waals surface area contributed by atoms with Crippen molar-refractivity contribution in [2.45, 2.75) is 20.4 Å². The van der Waals surface area contributed by atoms with E-state index in [1.165, 1.54) is 11.6 Å². The van der Waals surface area contributed by atoms with Crippen LogP contribution in [0.4, 0.5) is 5.69 Å². The molecule has 8 heteroatoms. The maximum absolute atomic E-state index is 12.6. The third-order valence-corrected chi connectivity index (χ3v) is 3.91. The summed E-state index contributed by atoms with van der Waals surface area (Å²) in [6.07, 6.45) is 0. The number of H-pyrrole nitrogens is 1. The van der Waals surface area contributed by atoms with Crippen molar-refractivity contribution in [1.29, 1.82) is 0 Å². The van der Waals surface area contributed by atoms with E-state index in [0.29, 0.717) is 29.1 Å². The lowest BCUT2D eigenvalue weighted by molar-refractivity contribution is -0.114. The molecule has 0 fully saturated rings. The Labute approximate surface area is 149 Å². The average Bonchev–Trinajstić information content (AvgIpc) is 2.87. The summed E-state index contributed by atoms with van der Waals surface area (Å²) >= 11 is 0. The third-order valence-electron chi connectivity index (χ3n) is 3.91. The van der Waals surface area contributed by atoms with E-state index in [1.807, 2.05) is 12.1 Å². The monoisotopic (exact) mass is 353 g/mol. The molecule has 3 N–H and O–H groups in total. The molecule has 0 aliphatic rings. The molecule has 0 atom stereocenters. The third kappa shape index (κ3) is 3.49. The molecule has 134 valence electrons. The highest BCUT2D eigenvalue weighted by Gasteiger charge is 2.17. The van der Waals surface area contributed by atoms with Gasteiger partial charge in [0.1, 0.15) is 0 Å². The first-order valence-electron chi connectivity index (χ1n) is 8.06. The van der Waals surface area contributed by atoms with Gasteiger partial charge < -0.3 is 10.6 Å². The van der Waals surface area contributed by atoms with Gasteiger partial charge >= 0.3 is 0 Å². The van der Waals surface area contributed by atoms with Crippen LogP contribution in [0.2, 0.25) is 0 Å². The van der Waals surface area contributed by atoms with Gasteiger partial charge in [-0.2, -0.15) is 0 Å². The Morgan fingerprint density at radius 1 is 1.23 bits per heavy atom. The highest BCUT2D eigenvalue weighted by molar-refractivity contribution is 6.05. The standard InChI is InChI=1S/C18H19N5O3/c1-10-8-14(15-16(20-10)23(3)22-18(15)26)17(25)19-9-12-4-6-13(7-5-12)21-11(2)24/h4-8H,9H2,1-3H3,(H,19,25)(H,21,24)(H,22,26). The molecule has 2 aromatic heterocycles. The number of pyridine rings is 1. The highest BCUT2D eigenvalue weighted by atomic mass is 16.2. The van der Waals surface area contributed by atoms with Crippen molar-refractivity contribution in [2.24, 2.45) is 7.05 Å². The average molecular weight is 353 g/mol. The summed E-state index contributed by atoms with van der Waals surface area (Å²) in [5.41, 5.74) is 2.60. The van der Waals surface area contributed by atoms with Gasteiger partial charge in [0.15, 0.2) is 5.65 Å². The van der Waals surface area contributed by atoms with Gasteiger partial charge in [-0.05, 0) is 30.7 Å². The van der Waals surface area contributed by atoms with Crippen molar-refractivity contribution < 1.29 is 9.59 Å². The van der Waals surface area contributed by atoms with Crippen LogP contribution in [0.1, 0.15) is 28.5 Å². The van der Waals surface area contributed by atoms with Crippen LogP contribution in [0.3, 0.4) is 0 Å². The fourth-order valence-corrected chi connectivity index (χ4v) is 2.75. The van der Waals surface area contributed by atoms with Crippen LogP contribution in [0.15, 0.2) is 35.1 Å². The van der Waals surface area contributed by atoms with E-state index < -0.39 is 0 Å². The number of aromatic nitrogens is 3. The summed E-state index contributed by atoms with van der Waals surface area (Å²) in [5, 5.41) is 8.39. The van der Waals surface area contributed by atoms with Gasteiger partial charge in [0.05, 0.1) is 10.9 Å². The summed E-state index contributed by atoms with van der Waals surface area (Å²) < 4.78 is 1.50. The number of benzene rings is 1. The molecule has 0 saturated carbocycles. The first-order chi connectivity index (χ1) is 12.3. The Hall–Kier alpha value is -3.42.